The molecule has 6 aromatic carbocycles. The van der Waals surface area contributed by atoms with Gasteiger partial charge in [0, 0.05) is 23.8 Å². The minimum atomic E-state index is 0.0355. The number of hydrogen-bond donors (Lipinski definition) is 0. The van der Waals surface area contributed by atoms with Crippen molar-refractivity contribution in [1.29, 1.82) is 0 Å². The molecule has 1 nitrogen and oxygen atoms in total. The van der Waals surface area contributed by atoms with E-state index in [9.17, 15) is 0 Å². The lowest BCUT2D eigenvalue weighted by atomic mass is 9.70. The van der Waals surface area contributed by atoms with Crippen LogP contribution in [0.15, 0.2) is 127 Å². The van der Waals surface area contributed by atoms with Crippen molar-refractivity contribution in [3.8, 4) is 44.5 Å². The normalized spacial score (nSPS) is 13.6. The second-order valence-electron chi connectivity index (χ2n) is 16.2. The Bertz CT molecular complexity index is 2210. The number of aryl methyl sites for hydroxylation is 3. The maximum absolute atomic E-state index is 2.58. The first-order chi connectivity index (χ1) is 26.5. The number of unbranched alkanes of at least 4 members (excludes halogenated alkanes) is 6. The SMILES string of the molecule is CCCCCCC1(CCCCCC)c2cc(-c3ccc(C)cc3)ccc2-c2ccc(-c3ccc(N(C)c4cccc(-c5ccc6c(c5)CC6)c4)cc3)cc21. The molecular formula is C53H57N. The van der Waals surface area contributed by atoms with Crippen LogP contribution in [-0.2, 0) is 18.3 Å². The second-order valence-corrected chi connectivity index (χ2v) is 16.2. The van der Waals surface area contributed by atoms with Crippen molar-refractivity contribution < 1.29 is 0 Å². The highest BCUT2D eigenvalue weighted by Crippen LogP contribution is 2.56. The Morgan fingerprint density at radius 2 is 0.981 bits per heavy atom. The Kier molecular flexibility index (Phi) is 10.6. The summed E-state index contributed by atoms with van der Waals surface area (Å²) in [5, 5.41) is 0. The Labute approximate surface area is 325 Å². The minimum absolute atomic E-state index is 0.0355. The summed E-state index contributed by atoms with van der Waals surface area (Å²) in [6.45, 7) is 6.84. The van der Waals surface area contributed by atoms with Crippen LogP contribution >= 0.6 is 0 Å². The number of benzene rings is 6. The number of anilines is 2. The van der Waals surface area contributed by atoms with Gasteiger partial charge in [0.2, 0.25) is 0 Å². The van der Waals surface area contributed by atoms with Gasteiger partial charge in [-0.15, -0.1) is 0 Å². The zero-order valence-corrected chi connectivity index (χ0v) is 33.1. The molecule has 0 unspecified atom stereocenters. The lowest BCUT2D eigenvalue weighted by Gasteiger charge is -2.33. The third-order valence-corrected chi connectivity index (χ3v) is 12.7. The first kappa shape index (κ1) is 36.1. The zero-order valence-electron chi connectivity index (χ0n) is 33.1. The van der Waals surface area contributed by atoms with E-state index in [1.807, 2.05) is 0 Å². The number of fused-ring (bicyclic) bond motifs is 4. The second kappa shape index (κ2) is 15.8. The number of hydrogen-bond acceptors (Lipinski definition) is 1. The van der Waals surface area contributed by atoms with Crippen molar-refractivity contribution in [2.24, 2.45) is 0 Å². The predicted molar refractivity (Wildman–Crippen MR) is 233 cm³/mol. The van der Waals surface area contributed by atoms with Gasteiger partial charge in [-0.1, -0.05) is 162 Å². The lowest BCUT2D eigenvalue weighted by molar-refractivity contribution is 0.401. The largest absolute Gasteiger partial charge is 0.345 e. The number of rotatable bonds is 15. The maximum atomic E-state index is 2.58. The van der Waals surface area contributed by atoms with E-state index in [1.54, 1.807) is 11.1 Å². The third kappa shape index (κ3) is 7.06. The molecule has 0 fully saturated rings. The molecule has 1 heteroatoms. The molecule has 0 saturated carbocycles. The fourth-order valence-electron chi connectivity index (χ4n) is 9.27. The van der Waals surface area contributed by atoms with E-state index in [0.29, 0.717) is 0 Å². The third-order valence-electron chi connectivity index (χ3n) is 12.7. The highest BCUT2D eigenvalue weighted by molar-refractivity contribution is 5.86. The quantitative estimate of drug-likeness (QED) is 0.0961. The topological polar surface area (TPSA) is 3.24 Å². The molecule has 274 valence electrons. The van der Waals surface area contributed by atoms with Crippen LogP contribution in [0.1, 0.15) is 106 Å². The van der Waals surface area contributed by atoms with Gasteiger partial charge in [0.25, 0.3) is 0 Å². The Hall–Kier alpha value is -4.88. The molecule has 0 saturated heterocycles. The van der Waals surface area contributed by atoms with E-state index < -0.39 is 0 Å². The average molecular weight is 708 g/mol. The summed E-state index contributed by atoms with van der Waals surface area (Å²) < 4.78 is 0. The van der Waals surface area contributed by atoms with Crippen LogP contribution in [0, 0.1) is 6.92 Å². The summed E-state index contributed by atoms with van der Waals surface area (Å²) in [5.74, 6) is 0. The van der Waals surface area contributed by atoms with Gasteiger partial charge < -0.3 is 4.90 Å². The highest BCUT2D eigenvalue weighted by atomic mass is 15.1. The van der Waals surface area contributed by atoms with Crippen LogP contribution in [-0.4, -0.2) is 7.05 Å². The van der Waals surface area contributed by atoms with Gasteiger partial charge in [0.05, 0.1) is 0 Å². The van der Waals surface area contributed by atoms with E-state index in [2.05, 4.69) is 160 Å². The summed E-state index contributed by atoms with van der Waals surface area (Å²) in [6.07, 6.45) is 15.2. The van der Waals surface area contributed by atoms with Crippen LogP contribution in [0.2, 0.25) is 0 Å². The standard InChI is InChI=1S/C53H57N/c1-5-7-9-11-32-53(33-12-10-8-6-2)51-36-45(39-18-16-38(3)17-19-39)26-30-49(51)50-31-27-46(37-52(50)53)41-24-28-47(29-25-41)54(4)48-15-13-14-42(35-48)44-23-21-40-20-22-43(40)34-44/h13-19,21,23-31,34-37H,5-12,20,22,32-33H2,1-4H3. The lowest BCUT2D eigenvalue weighted by Crippen LogP contribution is -2.25. The van der Waals surface area contributed by atoms with Crippen LogP contribution in [0.25, 0.3) is 44.5 Å². The zero-order chi connectivity index (χ0) is 37.1. The van der Waals surface area contributed by atoms with Crippen LogP contribution in [0.4, 0.5) is 11.4 Å². The average Bonchev–Trinajstić information content (AvgIpc) is 3.47. The van der Waals surface area contributed by atoms with E-state index >= 15 is 0 Å². The summed E-state index contributed by atoms with van der Waals surface area (Å²) in [7, 11) is 2.19. The van der Waals surface area contributed by atoms with Gasteiger partial charge in [-0.05, 0) is 136 Å². The van der Waals surface area contributed by atoms with E-state index in [0.717, 1.165) is 0 Å². The van der Waals surface area contributed by atoms with Crippen molar-refractivity contribution in [3.05, 3.63) is 155 Å². The van der Waals surface area contributed by atoms with Gasteiger partial charge in [0.1, 0.15) is 0 Å². The molecule has 2 aliphatic rings. The Morgan fingerprint density at radius 1 is 0.463 bits per heavy atom. The highest BCUT2D eigenvalue weighted by Gasteiger charge is 2.42. The number of nitrogens with zero attached hydrogens (tertiary/aromatic N) is 1. The molecule has 0 N–H and O–H groups in total. The maximum Gasteiger partial charge on any atom is 0.0414 e. The fourth-order valence-corrected chi connectivity index (χ4v) is 9.27. The molecule has 6 aromatic rings. The summed E-state index contributed by atoms with van der Waals surface area (Å²) in [6, 6.07) is 49.1. The molecule has 0 radical (unpaired) electrons. The fraction of sp³-hybridized carbons (Fsp3) is 0.321. The van der Waals surface area contributed by atoms with Gasteiger partial charge >= 0.3 is 0 Å². The minimum Gasteiger partial charge on any atom is -0.345 e. The van der Waals surface area contributed by atoms with Crippen molar-refractivity contribution in [2.45, 2.75) is 103 Å². The van der Waals surface area contributed by atoms with Crippen molar-refractivity contribution in [3.63, 3.8) is 0 Å². The summed E-state index contributed by atoms with van der Waals surface area (Å²) in [4.78, 5) is 2.32. The van der Waals surface area contributed by atoms with E-state index in [1.165, 1.54) is 150 Å². The first-order valence-corrected chi connectivity index (χ1v) is 20.9. The van der Waals surface area contributed by atoms with Crippen molar-refractivity contribution in [2.75, 3.05) is 11.9 Å². The van der Waals surface area contributed by atoms with Crippen LogP contribution in [0.5, 0.6) is 0 Å². The first-order valence-electron chi connectivity index (χ1n) is 20.9. The summed E-state index contributed by atoms with van der Waals surface area (Å²) >= 11 is 0. The Balaban J connectivity index is 1.12. The molecule has 54 heavy (non-hydrogen) atoms. The predicted octanol–water partition coefficient (Wildman–Crippen LogP) is 15.1. The molecule has 0 amide bonds. The summed E-state index contributed by atoms with van der Waals surface area (Å²) in [5.41, 5.74) is 20.6. The van der Waals surface area contributed by atoms with Crippen molar-refractivity contribution >= 4 is 11.4 Å². The molecule has 0 aromatic heterocycles. The van der Waals surface area contributed by atoms with Crippen LogP contribution in [0.3, 0.4) is 0 Å². The van der Waals surface area contributed by atoms with E-state index in [4.69, 9.17) is 0 Å². The van der Waals surface area contributed by atoms with Gasteiger partial charge in [-0.3, -0.25) is 0 Å². The molecule has 0 spiro atoms. The van der Waals surface area contributed by atoms with Gasteiger partial charge in [-0.25, -0.2) is 0 Å². The molecule has 8 rings (SSSR count). The molecule has 0 atom stereocenters. The monoisotopic (exact) mass is 707 g/mol. The van der Waals surface area contributed by atoms with Gasteiger partial charge in [0.15, 0.2) is 0 Å². The smallest absolute Gasteiger partial charge is 0.0414 e. The van der Waals surface area contributed by atoms with E-state index in [-0.39, 0.29) is 5.41 Å². The Morgan fingerprint density at radius 3 is 1.54 bits per heavy atom. The molecule has 0 heterocycles. The van der Waals surface area contributed by atoms with Crippen LogP contribution < -0.4 is 4.90 Å². The molecular weight excluding hydrogens is 651 g/mol. The molecule has 2 aliphatic carbocycles. The van der Waals surface area contributed by atoms with Crippen molar-refractivity contribution in [1.82, 2.24) is 0 Å². The molecule has 0 bridgehead atoms. The van der Waals surface area contributed by atoms with Gasteiger partial charge in [-0.2, -0.15) is 0 Å². The molecule has 0 aliphatic heterocycles.